The van der Waals surface area contributed by atoms with Gasteiger partial charge in [-0.2, -0.15) is 10.2 Å². The number of benzene rings is 1. The third-order valence-electron chi connectivity index (χ3n) is 3.13. The van der Waals surface area contributed by atoms with Crippen LogP contribution in [-0.4, -0.2) is 19.6 Å². The Labute approximate surface area is 97.2 Å². The van der Waals surface area contributed by atoms with E-state index in [0.29, 0.717) is 6.04 Å². The maximum absolute atomic E-state index is 4.23. The Balaban J connectivity index is 2.12. The van der Waals surface area contributed by atoms with Crippen molar-refractivity contribution >= 4 is 5.69 Å². The van der Waals surface area contributed by atoms with E-state index < -0.39 is 0 Å². The predicted molar refractivity (Wildman–Crippen MR) is 67.1 cm³/mol. The Morgan fingerprint density at radius 1 is 1.19 bits per heavy atom. The molecule has 0 N–H and O–H groups in total. The summed E-state index contributed by atoms with van der Waals surface area (Å²) in [5.41, 5.74) is 2.58. The lowest BCUT2D eigenvalue weighted by Gasteiger charge is -2.21. The van der Waals surface area contributed by atoms with Crippen LogP contribution in [0.15, 0.2) is 34.5 Å². The van der Waals surface area contributed by atoms with E-state index >= 15 is 0 Å². The Bertz CT molecular complexity index is 352. The fourth-order valence-electron chi connectivity index (χ4n) is 2.12. The zero-order chi connectivity index (χ0) is 11.4. The molecule has 0 spiro atoms. The SMILES string of the molecule is CCN(CC)c1ccc(C2CCN=N2)cc1. The molecule has 0 amide bonds. The molecule has 1 aromatic rings. The van der Waals surface area contributed by atoms with Crippen LogP contribution in [-0.2, 0) is 0 Å². The van der Waals surface area contributed by atoms with Crippen molar-refractivity contribution in [3.05, 3.63) is 29.8 Å². The fourth-order valence-corrected chi connectivity index (χ4v) is 2.12. The van der Waals surface area contributed by atoms with E-state index in [0.717, 1.165) is 26.1 Å². The first kappa shape index (κ1) is 11.1. The van der Waals surface area contributed by atoms with Crippen LogP contribution in [0, 0.1) is 0 Å². The van der Waals surface area contributed by atoms with Crippen molar-refractivity contribution in [3.8, 4) is 0 Å². The minimum Gasteiger partial charge on any atom is -0.372 e. The zero-order valence-electron chi connectivity index (χ0n) is 10.1. The molecule has 0 aliphatic carbocycles. The minimum atomic E-state index is 0.297. The van der Waals surface area contributed by atoms with Gasteiger partial charge >= 0.3 is 0 Å². The average molecular weight is 217 g/mol. The van der Waals surface area contributed by atoms with Crippen molar-refractivity contribution in [2.75, 3.05) is 24.5 Å². The summed E-state index contributed by atoms with van der Waals surface area (Å²) >= 11 is 0. The van der Waals surface area contributed by atoms with Gasteiger partial charge in [-0.05, 0) is 38.0 Å². The van der Waals surface area contributed by atoms with Gasteiger partial charge < -0.3 is 4.90 Å². The molecule has 2 rings (SSSR count). The van der Waals surface area contributed by atoms with Gasteiger partial charge in [0.1, 0.15) is 0 Å². The fraction of sp³-hybridized carbons (Fsp3) is 0.538. The van der Waals surface area contributed by atoms with Gasteiger partial charge in [-0.25, -0.2) is 0 Å². The van der Waals surface area contributed by atoms with E-state index in [4.69, 9.17) is 0 Å². The molecule has 0 bridgehead atoms. The molecule has 1 heterocycles. The van der Waals surface area contributed by atoms with E-state index in [1.165, 1.54) is 11.3 Å². The standard InChI is InChI=1S/C13H19N3/c1-3-16(4-2)12-7-5-11(6-8-12)13-9-10-14-15-13/h5-8,13H,3-4,9-10H2,1-2H3. The van der Waals surface area contributed by atoms with Crippen LogP contribution in [0.3, 0.4) is 0 Å². The van der Waals surface area contributed by atoms with Crippen LogP contribution in [0.2, 0.25) is 0 Å². The third-order valence-corrected chi connectivity index (χ3v) is 3.13. The Morgan fingerprint density at radius 3 is 2.38 bits per heavy atom. The molecular weight excluding hydrogens is 198 g/mol. The third kappa shape index (κ3) is 2.23. The first-order chi connectivity index (χ1) is 7.85. The summed E-state index contributed by atoms with van der Waals surface area (Å²) in [6.45, 7) is 7.35. The topological polar surface area (TPSA) is 28.0 Å². The number of rotatable bonds is 4. The van der Waals surface area contributed by atoms with Gasteiger partial charge in [0.05, 0.1) is 12.6 Å². The molecule has 86 valence electrons. The second-order valence-electron chi connectivity index (χ2n) is 4.05. The first-order valence-electron chi connectivity index (χ1n) is 6.06. The van der Waals surface area contributed by atoms with Gasteiger partial charge in [-0.15, -0.1) is 0 Å². The summed E-state index contributed by atoms with van der Waals surface area (Å²) in [4.78, 5) is 2.35. The van der Waals surface area contributed by atoms with Gasteiger partial charge in [0.15, 0.2) is 0 Å². The van der Waals surface area contributed by atoms with E-state index in [-0.39, 0.29) is 0 Å². The monoisotopic (exact) mass is 217 g/mol. The van der Waals surface area contributed by atoms with Crippen LogP contribution in [0.4, 0.5) is 5.69 Å². The summed E-state index contributed by atoms with van der Waals surface area (Å²) in [5, 5.41) is 8.28. The highest BCUT2D eigenvalue weighted by molar-refractivity contribution is 5.47. The summed E-state index contributed by atoms with van der Waals surface area (Å²) in [7, 11) is 0. The quantitative estimate of drug-likeness (QED) is 0.759. The molecule has 1 aliphatic rings. The second kappa shape index (κ2) is 5.10. The molecule has 0 fully saturated rings. The predicted octanol–water partition coefficient (Wildman–Crippen LogP) is 3.43. The number of nitrogens with zero attached hydrogens (tertiary/aromatic N) is 3. The van der Waals surface area contributed by atoms with E-state index in [2.05, 4.69) is 53.2 Å². The van der Waals surface area contributed by atoms with Crippen LogP contribution in [0.25, 0.3) is 0 Å². The molecule has 0 saturated carbocycles. The van der Waals surface area contributed by atoms with Gasteiger partial charge in [-0.1, -0.05) is 12.1 Å². The highest BCUT2D eigenvalue weighted by Crippen LogP contribution is 2.27. The molecule has 0 saturated heterocycles. The lowest BCUT2D eigenvalue weighted by molar-refractivity contribution is 0.741. The smallest absolute Gasteiger partial charge is 0.0976 e. The molecule has 1 aliphatic heterocycles. The van der Waals surface area contributed by atoms with E-state index in [1.807, 2.05) is 0 Å². The van der Waals surface area contributed by atoms with Crippen molar-refractivity contribution in [3.63, 3.8) is 0 Å². The van der Waals surface area contributed by atoms with Crippen molar-refractivity contribution < 1.29 is 0 Å². The molecule has 0 aromatic heterocycles. The van der Waals surface area contributed by atoms with Crippen molar-refractivity contribution in [1.29, 1.82) is 0 Å². The Hall–Kier alpha value is -1.38. The Kier molecular flexibility index (Phi) is 3.54. The van der Waals surface area contributed by atoms with Crippen molar-refractivity contribution in [2.24, 2.45) is 10.2 Å². The molecule has 16 heavy (non-hydrogen) atoms. The van der Waals surface area contributed by atoms with Crippen LogP contribution < -0.4 is 4.90 Å². The highest BCUT2D eigenvalue weighted by Gasteiger charge is 2.14. The molecular formula is C13H19N3. The molecule has 1 atom stereocenters. The minimum absolute atomic E-state index is 0.297. The number of anilines is 1. The summed E-state index contributed by atoms with van der Waals surface area (Å²) < 4.78 is 0. The number of azo groups is 1. The highest BCUT2D eigenvalue weighted by atomic mass is 15.2. The summed E-state index contributed by atoms with van der Waals surface area (Å²) in [5.74, 6) is 0. The number of hydrogen-bond acceptors (Lipinski definition) is 3. The largest absolute Gasteiger partial charge is 0.372 e. The van der Waals surface area contributed by atoms with Gasteiger partial charge in [0.2, 0.25) is 0 Å². The molecule has 3 heteroatoms. The Morgan fingerprint density at radius 2 is 1.88 bits per heavy atom. The van der Waals surface area contributed by atoms with E-state index in [9.17, 15) is 0 Å². The normalized spacial score (nSPS) is 19.0. The average Bonchev–Trinajstić information content (AvgIpc) is 2.85. The first-order valence-corrected chi connectivity index (χ1v) is 6.06. The van der Waals surface area contributed by atoms with Crippen molar-refractivity contribution in [2.45, 2.75) is 26.3 Å². The second-order valence-corrected chi connectivity index (χ2v) is 4.05. The lowest BCUT2D eigenvalue weighted by atomic mass is 10.0. The van der Waals surface area contributed by atoms with Gasteiger partial charge in [0, 0.05) is 18.8 Å². The summed E-state index contributed by atoms with van der Waals surface area (Å²) in [6, 6.07) is 9.04. The zero-order valence-corrected chi connectivity index (χ0v) is 10.1. The molecule has 0 radical (unpaired) electrons. The van der Waals surface area contributed by atoms with Gasteiger partial charge in [-0.3, -0.25) is 0 Å². The molecule has 3 nitrogen and oxygen atoms in total. The van der Waals surface area contributed by atoms with Crippen LogP contribution in [0.1, 0.15) is 31.9 Å². The molecule has 1 aromatic carbocycles. The van der Waals surface area contributed by atoms with E-state index in [1.54, 1.807) is 0 Å². The summed E-state index contributed by atoms with van der Waals surface area (Å²) in [6.07, 6.45) is 1.06. The van der Waals surface area contributed by atoms with Crippen LogP contribution in [0.5, 0.6) is 0 Å². The lowest BCUT2D eigenvalue weighted by Crippen LogP contribution is -2.21. The maximum atomic E-state index is 4.23. The molecule has 1 unspecified atom stereocenters. The van der Waals surface area contributed by atoms with Crippen LogP contribution >= 0.6 is 0 Å². The van der Waals surface area contributed by atoms with Gasteiger partial charge in [0.25, 0.3) is 0 Å². The van der Waals surface area contributed by atoms with Crippen molar-refractivity contribution in [1.82, 2.24) is 0 Å². The maximum Gasteiger partial charge on any atom is 0.0976 e. The number of hydrogen-bond donors (Lipinski definition) is 0.